The monoisotopic (exact) mass is 170 g/mol. The van der Waals surface area contributed by atoms with Crippen LogP contribution in [0.4, 0.5) is 0 Å². The van der Waals surface area contributed by atoms with E-state index in [0.717, 1.165) is 5.89 Å². The Labute approximate surface area is 74.2 Å². The van der Waals surface area contributed by atoms with Gasteiger partial charge in [-0.05, 0) is 14.1 Å². The van der Waals surface area contributed by atoms with Gasteiger partial charge in [-0.2, -0.15) is 0 Å². The first-order valence-corrected chi connectivity index (χ1v) is 4.00. The zero-order valence-corrected chi connectivity index (χ0v) is 8.51. The van der Waals surface area contributed by atoms with E-state index in [2.05, 4.69) is 31.1 Å². The molecule has 12 heavy (non-hydrogen) atoms. The fourth-order valence-corrected chi connectivity index (χ4v) is 0.594. The molecular formula is C9H18N2O. The molecule has 0 amide bonds. The minimum atomic E-state index is 0.0451. The van der Waals surface area contributed by atoms with Crippen LogP contribution in [0.25, 0.3) is 0 Å². The highest BCUT2D eigenvalue weighted by Gasteiger charge is 2.17. The summed E-state index contributed by atoms with van der Waals surface area (Å²) >= 11 is 0. The maximum Gasteiger partial charge on any atom is 0.199 e. The largest absolute Gasteiger partial charge is 0.448 e. The minimum absolute atomic E-state index is 0.0451. The molecule has 0 aliphatic rings. The van der Waals surface area contributed by atoms with Gasteiger partial charge in [0.05, 0.1) is 6.20 Å². The fraction of sp³-hybridized carbons (Fsp3) is 0.667. The normalized spacial score (nSPS) is 10.4. The van der Waals surface area contributed by atoms with E-state index in [1.807, 2.05) is 14.1 Å². The maximum atomic E-state index is 5.09. The molecule has 1 aromatic heterocycles. The molecular weight excluding hydrogens is 152 g/mol. The fourth-order valence-electron chi connectivity index (χ4n) is 0.594. The van der Waals surface area contributed by atoms with Crippen LogP contribution in [0.3, 0.4) is 0 Å². The van der Waals surface area contributed by atoms with E-state index in [4.69, 9.17) is 4.42 Å². The third-order valence-corrected chi connectivity index (χ3v) is 1.07. The Morgan fingerprint density at radius 2 is 1.83 bits per heavy atom. The molecule has 3 nitrogen and oxygen atoms in total. The van der Waals surface area contributed by atoms with Crippen LogP contribution in [0, 0.1) is 0 Å². The molecule has 0 saturated carbocycles. The SMILES string of the molecule is CC(C)(C)c1ncco1.CNC. The highest BCUT2D eigenvalue weighted by atomic mass is 16.3. The number of hydrogen-bond donors (Lipinski definition) is 1. The highest BCUT2D eigenvalue weighted by molar-refractivity contribution is 4.95. The van der Waals surface area contributed by atoms with Crippen molar-refractivity contribution < 1.29 is 4.42 Å². The predicted octanol–water partition coefficient (Wildman–Crippen LogP) is 1.81. The summed E-state index contributed by atoms with van der Waals surface area (Å²) in [5.74, 6) is 0.794. The molecule has 0 bridgehead atoms. The van der Waals surface area contributed by atoms with Crippen molar-refractivity contribution in [1.82, 2.24) is 10.3 Å². The van der Waals surface area contributed by atoms with Crippen LogP contribution in [0.2, 0.25) is 0 Å². The molecule has 0 saturated heterocycles. The molecule has 0 aliphatic heterocycles. The van der Waals surface area contributed by atoms with Crippen molar-refractivity contribution in [3.63, 3.8) is 0 Å². The first-order valence-electron chi connectivity index (χ1n) is 4.00. The van der Waals surface area contributed by atoms with Crippen LogP contribution in [0.5, 0.6) is 0 Å². The van der Waals surface area contributed by atoms with Gasteiger partial charge >= 0.3 is 0 Å². The lowest BCUT2D eigenvalue weighted by atomic mass is 9.97. The second kappa shape index (κ2) is 4.93. The second-order valence-electron chi connectivity index (χ2n) is 3.59. The molecule has 70 valence electrons. The molecule has 0 spiro atoms. The van der Waals surface area contributed by atoms with Crippen LogP contribution in [-0.2, 0) is 5.41 Å². The standard InChI is InChI=1S/C7H11NO.C2H7N/c1-7(2,3)6-8-4-5-9-6;1-3-2/h4-5H,1-3H3;3H,1-2H3. The van der Waals surface area contributed by atoms with Crippen LogP contribution in [0.1, 0.15) is 26.7 Å². The Balaban J connectivity index is 0.000000354. The summed E-state index contributed by atoms with van der Waals surface area (Å²) in [6.07, 6.45) is 3.27. The summed E-state index contributed by atoms with van der Waals surface area (Å²) < 4.78 is 5.09. The first kappa shape index (κ1) is 11.2. The van der Waals surface area contributed by atoms with Crippen LogP contribution in [-0.4, -0.2) is 19.1 Å². The minimum Gasteiger partial charge on any atom is -0.448 e. The molecule has 0 aromatic carbocycles. The van der Waals surface area contributed by atoms with Crippen molar-refractivity contribution in [3.8, 4) is 0 Å². The Hall–Kier alpha value is -0.830. The van der Waals surface area contributed by atoms with Crippen molar-refractivity contribution in [1.29, 1.82) is 0 Å². The number of rotatable bonds is 0. The summed E-state index contributed by atoms with van der Waals surface area (Å²) in [6.45, 7) is 6.20. The lowest BCUT2D eigenvalue weighted by Crippen LogP contribution is -2.10. The molecule has 0 fully saturated rings. The number of nitrogens with one attached hydrogen (secondary N) is 1. The summed E-state index contributed by atoms with van der Waals surface area (Å²) in [4.78, 5) is 4.02. The van der Waals surface area contributed by atoms with Gasteiger partial charge in [0, 0.05) is 5.41 Å². The predicted molar refractivity (Wildman–Crippen MR) is 50.2 cm³/mol. The molecule has 1 N–H and O–H groups in total. The quantitative estimate of drug-likeness (QED) is 0.645. The zero-order chi connectivity index (χ0) is 9.61. The Morgan fingerprint density at radius 1 is 1.33 bits per heavy atom. The van der Waals surface area contributed by atoms with Crippen LogP contribution >= 0.6 is 0 Å². The first-order chi connectivity index (χ1) is 5.52. The molecule has 1 aromatic rings. The topological polar surface area (TPSA) is 38.1 Å². The average Bonchev–Trinajstić information content (AvgIpc) is 2.36. The molecule has 0 radical (unpaired) electrons. The lowest BCUT2D eigenvalue weighted by molar-refractivity contribution is 0.392. The number of oxazole rings is 1. The van der Waals surface area contributed by atoms with Gasteiger partial charge in [-0.15, -0.1) is 0 Å². The van der Waals surface area contributed by atoms with Gasteiger partial charge in [-0.3, -0.25) is 0 Å². The number of aromatic nitrogens is 1. The van der Waals surface area contributed by atoms with Gasteiger partial charge < -0.3 is 9.73 Å². The van der Waals surface area contributed by atoms with Gasteiger partial charge in [-0.1, -0.05) is 20.8 Å². The molecule has 0 atom stereocenters. The molecule has 3 heteroatoms. The van der Waals surface area contributed by atoms with E-state index in [9.17, 15) is 0 Å². The Morgan fingerprint density at radius 3 is 2.00 bits per heavy atom. The van der Waals surface area contributed by atoms with E-state index in [1.54, 1.807) is 12.5 Å². The van der Waals surface area contributed by atoms with E-state index in [0.29, 0.717) is 0 Å². The van der Waals surface area contributed by atoms with Crippen molar-refractivity contribution in [2.75, 3.05) is 14.1 Å². The van der Waals surface area contributed by atoms with Gasteiger partial charge in [-0.25, -0.2) is 4.98 Å². The third-order valence-electron chi connectivity index (χ3n) is 1.07. The smallest absolute Gasteiger partial charge is 0.199 e. The molecule has 0 unspecified atom stereocenters. The van der Waals surface area contributed by atoms with E-state index in [1.165, 1.54) is 0 Å². The summed E-state index contributed by atoms with van der Waals surface area (Å²) in [6, 6.07) is 0. The second-order valence-corrected chi connectivity index (χ2v) is 3.59. The lowest BCUT2D eigenvalue weighted by Gasteiger charge is -2.11. The highest BCUT2D eigenvalue weighted by Crippen LogP contribution is 2.18. The van der Waals surface area contributed by atoms with Gasteiger partial charge in [0.2, 0.25) is 0 Å². The number of nitrogens with zero attached hydrogens (tertiary/aromatic N) is 1. The van der Waals surface area contributed by atoms with Gasteiger partial charge in [0.1, 0.15) is 6.26 Å². The van der Waals surface area contributed by atoms with Gasteiger partial charge in [0.25, 0.3) is 0 Å². The maximum absolute atomic E-state index is 5.09. The van der Waals surface area contributed by atoms with E-state index < -0.39 is 0 Å². The van der Waals surface area contributed by atoms with Crippen molar-refractivity contribution >= 4 is 0 Å². The zero-order valence-electron chi connectivity index (χ0n) is 8.51. The summed E-state index contributed by atoms with van der Waals surface area (Å²) in [5, 5.41) is 2.75. The molecule has 0 aliphatic carbocycles. The molecule has 1 rings (SSSR count). The van der Waals surface area contributed by atoms with E-state index in [-0.39, 0.29) is 5.41 Å². The average molecular weight is 170 g/mol. The van der Waals surface area contributed by atoms with Crippen molar-refractivity contribution in [2.24, 2.45) is 0 Å². The number of hydrogen-bond acceptors (Lipinski definition) is 3. The van der Waals surface area contributed by atoms with Crippen molar-refractivity contribution in [3.05, 3.63) is 18.4 Å². The Bertz CT molecular complexity index is 187. The molecule has 1 heterocycles. The van der Waals surface area contributed by atoms with Gasteiger partial charge in [0.15, 0.2) is 5.89 Å². The summed E-state index contributed by atoms with van der Waals surface area (Å²) in [5.41, 5.74) is 0.0451. The van der Waals surface area contributed by atoms with Crippen molar-refractivity contribution in [2.45, 2.75) is 26.2 Å². The van der Waals surface area contributed by atoms with Crippen LogP contribution in [0.15, 0.2) is 16.9 Å². The Kier molecular flexibility index (Phi) is 4.59. The third kappa shape index (κ3) is 4.13. The van der Waals surface area contributed by atoms with E-state index >= 15 is 0 Å². The summed E-state index contributed by atoms with van der Waals surface area (Å²) in [7, 11) is 3.75. The van der Waals surface area contributed by atoms with Crippen LogP contribution < -0.4 is 5.32 Å².